The van der Waals surface area contributed by atoms with Crippen molar-refractivity contribution in [2.75, 3.05) is 13.6 Å². The van der Waals surface area contributed by atoms with Gasteiger partial charge in [-0.25, -0.2) is 0 Å². The average Bonchev–Trinajstić information content (AvgIpc) is 2.34. The van der Waals surface area contributed by atoms with Gasteiger partial charge in [-0.1, -0.05) is 6.07 Å². The fourth-order valence-corrected chi connectivity index (χ4v) is 1.55. The van der Waals surface area contributed by atoms with Gasteiger partial charge in [0.1, 0.15) is 0 Å². The smallest absolute Gasteiger partial charge is 0.342 e. The minimum absolute atomic E-state index is 0.0296. The molecule has 0 radical (unpaired) electrons. The lowest BCUT2D eigenvalue weighted by Crippen LogP contribution is -2.31. The van der Waals surface area contributed by atoms with E-state index in [2.05, 4.69) is 0 Å². The molecular weight excluding hydrogens is 257 g/mol. The lowest BCUT2D eigenvalue weighted by atomic mass is 10.1. The van der Waals surface area contributed by atoms with Crippen LogP contribution in [-0.2, 0) is 6.18 Å². The number of nitrogens with two attached hydrogens (primary N) is 1. The molecular formula is C13H17F3N2O. The largest absolute Gasteiger partial charge is 0.416 e. The van der Waals surface area contributed by atoms with Gasteiger partial charge in [-0.3, -0.25) is 4.79 Å². The van der Waals surface area contributed by atoms with E-state index in [1.54, 1.807) is 7.05 Å². The van der Waals surface area contributed by atoms with Gasteiger partial charge < -0.3 is 10.6 Å². The first-order valence-corrected chi connectivity index (χ1v) is 5.90. The predicted octanol–water partition coefficient (Wildman–Crippen LogP) is 2.51. The molecule has 1 aromatic rings. The number of hydrogen-bond acceptors (Lipinski definition) is 2. The molecule has 0 spiro atoms. The van der Waals surface area contributed by atoms with Crippen molar-refractivity contribution in [2.24, 2.45) is 5.73 Å². The summed E-state index contributed by atoms with van der Waals surface area (Å²) < 4.78 is 37.6. The van der Waals surface area contributed by atoms with E-state index < -0.39 is 17.6 Å². The van der Waals surface area contributed by atoms with Crippen LogP contribution in [0.15, 0.2) is 24.3 Å². The van der Waals surface area contributed by atoms with Crippen LogP contribution in [0.5, 0.6) is 0 Å². The first-order chi connectivity index (χ1) is 8.71. The summed E-state index contributed by atoms with van der Waals surface area (Å²) in [6, 6.07) is 4.36. The first-order valence-electron chi connectivity index (χ1n) is 5.90. The molecule has 1 aromatic carbocycles. The van der Waals surface area contributed by atoms with Crippen molar-refractivity contribution in [3.05, 3.63) is 35.4 Å². The third-order valence-corrected chi connectivity index (χ3v) is 2.70. The van der Waals surface area contributed by atoms with E-state index >= 15 is 0 Å². The highest BCUT2D eigenvalue weighted by Gasteiger charge is 2.31. The van der Waals surface area contributed by atoms with Crippen molar-refractivity contribution < 1.29 is 18.0 Å². The van der Waals surface area contributed by atoms with E-state index in [4.69, 9.17) is 5.73 Å². The number of halogens is 3. The topological polar surface area (TPSA) is 46.3 Å². The number of amides is 1. The van der Waals surface area contributed by atoms with Crippen molar-refractivity contribution in [3.8, 4) is 0 Å². The number of benzene rings is 1. The highest BCUT2D eigenvalue weighted by molar-refractivity contribution is 5.94. The van der Waals surface area contributed by atoms with Crippen LogP contribution in [-0.4, -0.2) is 30.4 Å². The first kappa shape index (κ1) is 15.5. The van der Waals surface area contributed by atoms with E-state index in [1.807, 2.05) is 6.92 Å². The van der Waals surface area contributed by atoms with Crippen molar-refractivity contribution >= 4 is 5.91 Å². The zero-order chi connectivity index (χ0) is 14.6. The van der Waals surface area contributed by atoms with Crippen LogP contribution in [0.25, 0.3) is 0 Å². The molecule has 0 aliphatic heterocycles. The Morgan fingerprint density at radius 3 is 2.58 bits per heavy atom. The molecule has 1 unspecified atom stereocenters. The van der Waals surface area contributed by atoms with Gasteiger partial charge in [0, 0.05) is 25.2 Å². The molecule has 0 aliphatic carbocycles. The van der Waals surface area contributed by atoms with Crippen molar-refractivity contribution in [2.45, 2.75) is 25.6 Å². The number of alkyl halides is 3. The highest BCUT2D eigenvalue weighted by Crippen LogP contribution is 2.29. The van der Waals surface area contributed by atoms with E-state index in [0.717, 1.165) is 12.1 Å². The van der Waals surface area contributed by atoms with Gasteiger partial charge in [0.15, 0.2) is 0 Å². The summed E-state index contributed by atoms with van der Waals surface area (Å²) in [5, 5.41) is 0. The molecule has 3 nitrogen and oxygen atoms in total. The summed E-state index contributed by atoms with van der Waals surface area (Å²) in [6.07, 6.45) is -3.85. The highest BCUT2D eigenvalue weighted by atomic mass is 19.4. The average molecular weight is 274 g/mol. The molecule has 0 saturated heterocycles. The maximum atomic E-state index is 12.5. The van der Waals surface area contributed by atoms with E-state index in [9.17, 15) is 18.0 Å². The van der Waals surface area contributed by atoms with Crippen LogP contribution in [0.1, 0.15) is 29.3 Å². The summed E-state index contributed by atoms with van der Waals surface area (Å²) >= 11 is 0. The van der Waals surface area contributed by atoms with Gasteiger partial charge in [0.2, 0.25) is 0 Å². The van der Waals surface area contributed by atoms with Gasteiger partial charge in [0.05, 0.1) is 5.56 Å². The quantitative estimate of drug-likeness (QED) is 0.917. The molecule has 0 aliphatic rings. The molecule has 1 atom stereocenters. The molecule has 1 amide bonds. The van der Waals surface area contributed by atoms with Crippen molar-refractivity contribution in [1.82, 2.24) is 4.90 Å². The standard InChI is InChI=1S/C13H17F3N2O/c1-9(17)6-7-18(2)12(19)10-4-3-5-11(8-10)13(14,15)16/h3-5,8-9H,6-7,17H2,1-2H3. The number of nitrogens with zero attached hydrogens (tertiary/aromatic N) is 1. The van der Waals surface area contributed by atoms with E-state index in [-0.39, 0.29) is 11.6 Å². The summed E-state index contributed by atoms with van der Waals surface area (Å²) in [7, 11) is 1.55. The van der Waals surface area contributed by atoms with Gasteiger partial charge in [-0.2, -0.15) is 13.2 Å². The Hall–Kier alpha value is -1.56. The Labute approximate surface area is 110 Å². The maximum absolute atomic E-state index is 12.5. The van der Waals surface area contributed by atoms with Crippen molar-refractivity contribution in [1.29, 1.82) is 0 Å². The lowest BCUT2D eigenvalue weighted by Gasteiger charge is -2.19. The van der Waals surface area contributed by atoms with Crippen LogP contribution in [0.2, 0.25) is 0 Å². The summed E-state index contributed by atoms with van der Waals surface area (Å²) in [6.45, 7) is 2.22. The number of hydrogen-bond donors (Lipinski definition) is 1. The zero-order valence-electron chi connectivity index (χ0n) is 10.9. The molecule has 6 heteroatoms. The molecule has 0 aromatic heterocycles. The summed E-state index contributed by atoms with van der Waals surface area (Å²) in [4.78, 5) is 13.3. The Balaban J connectivity index is 2.82. The van der Waals surface area contributed by atoms with Crippen LogP contribution < -0.4 is 5.73 Å². The minimum atomic E-state index is -4.44. The number of carbonyl (C=O) groups excluding carboxylic acids is 1. The van der Waals surface area contributed by atoms with Gasteiger partial charge in [-0.15, -0.1) is 0 Å². The second kappa shape index (κ2) is 6.06. The van der Waals surface area contributed by atoms with Crippen molar-refractivity contribution in [3.63, 3.8) is 0 Å². The predicted molar refractivity (Wildman–Crippen MR) is 66.7 cm³/mol. The molecule has 0 saturated carbocycles. The fraction of sp³-hybridized carbons (Fsp3) is 0.462. The van der Waals surface area contributed by atoms with Crippen LogP contribution >= 0.6 is 0 Å². The van der Waals surface area contributed by atoms with Gasteiger partial charge in [-0.05, 0) is 31.5 Å². The zero-order valence-corrected chi connectivity index (χ0v) is 10.9. The Bertz CT molecular complexity index is 444. The van der Waals surface area contributed by atoms with Crippen LogP contribution in [0.4, 0.5) is 13.2 Å². The molecule has 0 bridgehead atoms. The molecule has 106 valence electrons. The van der Waals surface area contributed by atoms with Crippen LogP contribution in [0, 0.1) is 0 Å². The third kappa shape index (κ3) is 4.55. The van der Waals surface area contributed by atoms with Crippen LogP contribution in [0.3, 0.4) is 0 Å². The normalized spacial score (nSPS) is 13.2. The Morgan fingerprint density at radius 2 is 2.05 bits per heavy atom. The monoisotopic (exact) mass is 274 g/mol. The lowest BCUT2D eigenvalue weighted by molar-refractivity contribution is -0.137. The molecule has 19 heavy (non-hydrogen) atoms. The van der Waals surface area contributed by atoms with E-state index in [1.165, 1.54) is 17.0 Å². The SMILES string of the molecule is CC(N)CCN(C)C(=O)c1cccc(C(F)(F)F)c1. The minimum Gasteiger partial charge on any atom is -0.342 e. The third-order valence-electron chi connectivity index (χ3n) is 2.70. The molecule has 2 N–H and O–H groups in total. The summed E-state index contributed by atoms with van der Waals surface area (Å²) in [5.74, 6) is -0.438. The second-order valence-electron chi connectivity index (χ2n) is 4.57. The van der Waals surface area contributed by atoms with E-state index in [0.29, 0.717) is 13.0 Å². The molecule has 0 heterocycles. The Kier molecular flexibility index (Phi) is 4.94. The summed E-state index contributed by atoms with van der Waals surface area (Å²) in [5.41, 5.74) is 4.78. The van der Waals surface area contributed by atoms with Gasteiger partial charge >= 0.3 is 6.18 Å². The number of carbonyl (C=O) groups is 1. The second-order valence-corrected chi connectivity index (χ2v) is 4.57. The Morgan fingerprint density at radius 1 is 1.42 bits per heavy atom. The van der Waals surface area contributed by atoms with Gasteiger partial charge in [0.25, 0.3) is 5.91 Å². The molecule has 0 fully saturated rings. The number of rotatable bonds is 4. The maximum Gasteiger partial charge on any atom is 0.416 e. The molecule has 1 rings (SSSR count). The fourth-order valence-electron chi connectivity index (χ4n) is 1.55.